The third-order valence-electron chi connectivity index (χ3n) is 5.43. The molecule has 3 heterocycles. The van der Waals surface area contributed by atoms with Gasteiger partial charge in [0, 0.05) is 34.8 Å². The first kappa shape index (κ1) is 20.8. The van der Waals surface area contributed by atoms with Crippen LogP contribution in [0.1, 0.15) is 29.8 Å². The third-order valence-corrected chi connectivity index (χ3v) is 6.15. The summed E-state index contributed by atoms with van der Waals surface area (Å²) in [6, 6.07) is 14.2. The first-order valence-electron chi connectivity index (χ1n) is 10.1. The largest absolute Gasteiger partial charge is 0.355 e. The van der Waals surface area contributed by atoms with Crippen molar-refractivity contribution in [1.29, 1.82) is 0 Å². The fourth-order valence-corrected chi connectivity index (χ4v) is 4.13. The molecule has 0 aliphatic carbocycles. The number of aryl methyl sites for hydroxylation is 2. The molecule has 0 atom stereocenters. The van der Waals surface area contributed by atoms with Crippen molar-refractivity contribution < 1.29 is 4.79 Å². The molecule has 4 rings (SSSR count). The van der Waals surface area contributed by atoms with Gasteiger partial charge in [-0.25, -0.2) is 4.68 Å². The number of amides is 1. The maximum absolute atomic E-state index is 12.5. The van der Waals surface area contributed by atoms with E-state index in [1.807, 2.05) is 32.0 Å². The van der Waals surface area contributed by atoms with Crippen LogP contribution in [0.15, 0.2) is 42.5 Å². The quantitative estimate of drug-likeness (QED) is 0.527. The number of nitrogens with zero attached hydrogens (tertiary/aromatic N) is 5. The molecule has 1 aliphatic rings. The second kappa shape index (κ2) is 9.11. The molecular formula is C22H25IN6O. The van der Waals surface area contributed by atoms with Gasteiger partial charge in [-0.15, -0.1) is 10.2 Å². The average Bonchev–Trinajstić information content (AvgIpc) is 3.11. The molecule has 1 saturated heterocycles. The number of carbonyl (C=O) groups excluding carboxylic acids is 1. The molecule has 1 N–H and O–H groups in total. The Labute approximate surface area is 190 Å². The van der Waals surface area contributed by atoms with Crippen molar-refractivity contribution in [3.63, 3.8) is 0 Å². The Balaban J connectivity index is 1.30. The summed E-state index contributed by atoms with van der Waals surface area (Å²) in [5.74, 6) is 1.75. The second-order valence-corrected chi connectivity index (χ2v) is 8.94. The lowest BCUT2D eigenvalue weighted by Gasteiger charge is -2.31. The van der Waals surface area contributed by atoms with Gasteiger partial charge in [-0.1, -0.05) is 12.1 Å². The molecule has 0 spiro atoms. The third kappa shape index (κ3) is 4.80. The number of rotatable bonds is 5. The lowest BCUT2D eigenvalue weighted by Crippen LogP contribution is -2.40. The molecule has 2 aromatic heterocycles. The Morgan fingerprint density at radius 1 is 1.07 bits per heavy atom. The van der Waals surface area contributed by atoms with Gasteiger partial charge in [-0.3, -0.25) is 4.79 Å². The summed E-state index contributed by atoms with van der Waals surface area (Å²) in [4.78, 5) is 14.7. The molecule has 3 aromatic rings. The first-order chi connectivity index (χ1) is 14.5. The topological polar surface area (TPSA) is 75.9 Å². The summed E-state index contributed by atoms with van der Waals surface area (Å²) < 4.78 is 3.00. The van der Waals surface area contributed by atoms with E-state index >= 15 is 0 Å². The zero-order valence-electron chi connectivity index (χ0n) is 17.2. The van der Waals surface area contributed by atoms with Crippen LogP contribution in [0.4, 0.5) is 5.82 Å². The number of hydrogen-bond donors (Lipinski definition) is 1. The fourth-order valence-electron chi connectivity index (χ4n) is 3.77. The van der Waals surface area contributed by atoms with Crippen molar-refractivity contribution in [1.82, 2.24) is 25.3 Å². The van der Waals surface area contributed by atoms with Crippen molar-refractivity contribution in [2.75, 3.05) is 18.0 Å². The van der Waals surface area contributed by atoms with Gasteiger partial charge >= 0.3 is 0 Å². The minimum absolute atomic E-state index is 0.0482. The van der Waals surface area contributed by atoms with Crippen LogP contribution in [-0.4, -0.2) is 39.0 Å². The van der Waals surface area contributed by atoms with Gasteiger partial charge in [0.25, 0.3) is 0 Å². The normalized spacial score (nSPS) is 14.7. The molecular weight excluding hydrogens is 491 g/mol. The van der Waals surface area contributed by atoms with Crippen LogP contribution in [0.2, 0.25) is 0 Å². The number of aromatic nitrogens is 4. The van der Waals surface area contributed by atoms with E-state index in [-0.39, 0.29) is 11.8 Å². The van der Waals surface area contributed by atoms with Crippen molar-refractivity contribution in [2.45, 2.75) is 33.2 Å². The van der Waals surface area contributed by atoms with Crippen molar-refractivity contribution >= 4 is 34.3 Å². The highest BCUT2D eigenvalue weighted by molar-refractivity contribution is 14.1. The zero-order chi connectivity index (χ0) is 21.1. The Hall–Kier alpha value is -2.49. The van der Waals surface area contributed by atoms with Crippen LogP contribution in [0, 0.1) is 23.3 Å². The SMILES string of the molecule is Cc1cc(C)n(-c2ccc(N3CCC(C(=O)NCc4ccc(I)cc4)CC3)nn2)n1. The molecule has 1 aromatic carbocycles. The lowest BCUT2D eigenvalue weighted by molar-refractivity contribution is -0.125. The van der Waals surface area contributed by atoms with E-state index < -0.39 is 0 Å². The van der Waals surface area contributed by atoms with Crippen LogP contribution < -0.4 is 10.2 Å². The van der Waals surface area contributed by atoms with Gasteiger partial charge in [0.1, 0.15) is 0 Å². The number of anilines is 1. The summed E-state index contributed by atoms with van der Waals surface area (Å²) >= 11 is 2.28. The van der Waals surface area contributed by atoms with E-state index in [9.17, 15) is 4.79 Å². The Morgan fingerprint density at radius 3 is 2.33 bits per heavy atom. The molecule has 1 fully saturated rings. The van der Waals surface area contributed by atoms with Crippen LogP contribution in [0.25, 0.3) is 5.82 Å². The van der Waals surface area contributed by atoms with E-state index in [1.165, 1.54) is 3.57 Å². The molecule has 0 radical (unpaired) electrons. The zero-order valence-corrected chi connectivity index (χ0v) is 19.3. The second-order valence-electron chi connectivity index (χ2n) is 7.69. The summed E-state index contributed by atoms with van der Waals surface area (Å²) in [5, 5.41) is 16.3. The van der Waals surface area contributed by atoms with Crippen molar-refractivity contribution in [3.8, 4) is 5.82 Å². The number of halogens is 1. The van der Waals surface area contributed by atoms with E-state index in [2.05, 4.69) is 72.4 Å². The summed E-state index contributed by atoms with van der Waals surface area (Å²) in [6.07, 6.45) is 1.64. The van der Waals surface area contributed by atoms with Crippen LogP contribution >= 0.6 is 22.6 Å². The van der Waals surface area contributed by atoms with Gasteiger partial charge in [0.2, 0.25) is 5.91 Å². The molecule has 156 valence electrons. The highest BCUT2D eigenvalue weighted by Crippen LogP contribution is 2.22. The number of piperidine rings is 1. The lowest BCUT2D eigenvalue weighted by atomic mass is 9.96. The molecule has 1 amide bonds. The molecule has 0 unspecified atom stereocenters. The minimum atomic E-state index is 0.0482. The smallest absolute Gasteiger partial charge is 0.223 e. The van der Waals surface area contributed by atoms with E-state index in [0.717, 1.165) is 48.7 Å². The maximum Gasteiger partial charge on any atom is 0.223 e. The number of benzene rings is 1. The first-order valence-corrected chi connectivity index (χ1v) is 11.2. The molecule has 7 nitrogen and oxygen atoms in total. The van der Waals surface area contributed by atoms with Crippen LogP contribution in [-0.2, 0) is 11.3 Å². The number of nitrogens with one attached hydrogen (secondary N) is 1. The standard InChI is InChI=1S/C22H25IN6O/c1-15-13-16(2)29(27-15)21-8-7-20(25-26-21)28-11-9-18(10-12-28)22(30)24-14-17-3-5-19(23)6-4-17/h3-8,13,18H,9-12,14H2,1-2H3,(H,24,30). The van der Waals surface area contributed by atoms with Gasteiger partial charge in [0.15, 0.2) is 11.6 Å². The van der Waals surface area contributed by atoms with E-state index in [1.54, 1.807) is 4.68 Å². The number of hydrogen-bond acceptors (Lipinski definition) is 5. The van der Waals surface area contributed by atoms with E-state index in [0.29, 0.717) is 12.4 Å². The molecule has 0 saturated carbocycles. The fraction of sp³-hybridized carbons (Fsp3) is 0.364. The Kier molecular flexibility index (Phi) is 6.31. The summed E-state index contributed by atoms with van der Waals surface area (Å²) in [7, 11) is 0. The Bertz CT molecular complexity index is 1010. The van der Waals surface area contributed by atoms with Crippen molar-refractivity contribution in [3.05, 3.63) is 63.0 Å². The van der Waals surface area contributed by atoms with Gasteiger partial charge in [-0.05, 0) is 85.2 Å². The number of carbonyl (C=O) groups is 1. The van der Waals surface area contributed by atoms with Gasteiger partial charge in [0.05, 0.1) is 5.69 Å². The summed E-state index contributed by atoms with van der Waals surface area (Å²) in [6.45, 7) is 6.15. The molecule has 8 heteroatoms. The minimum Gasteiger partial charge on any atom is -0.355 e. The average molecular weight is 516 g/mol. The van der Waals surface area contributed by atoms with Crippen molar-refractivity contribution in [2.24, 2.45) is 5.92 Å². The molecule has 1 aliphatic heterocycles. The Morgan fingerprint density at radius 2 is 1.73 bits per heavy atom. The predicted octanol–water partition coefficient (Wildman–Crippen LogP) is 3.42. The van der Waals surface area contributed by atoms with E-state index in [4.69, 9.17) is 0 Å². The summed E-state index contributed by atoms with van der Waals surface area (Å²) in [5.41, 5.74) is 3.12. The highest BCUT2D eigenvalue weighted by Gasteiger charge is 2.25. The van der Waals surface area contributed by atoms with Crippen LogP contribution in [0.3, 0.4) is 0 Å². The highest BCUT2D eigenvalue weighted by atomic mass is 127. The maximum atomic E-state index is 12.5. The molecule has 0 bridgehead atoms. The predicted molar refractivity (Wildman–Crippen MR) is 125 cm³/mol. The van der Waals surface area contributed by atoms with Gasteiger partial charge in [-0.2, -0.15) is 5.10 Å². The van der Waals surface area contributed by atoms with Gasteiger partial charge < -0.3 is 10.2 Å². The van der Waals surface area contributed by atoms with Crippen LogP contribution in [0.5, 0.6) is 0 Å². The molecule has 30 heavy (non-hydrogen) atoms. The monoisotopic (exact) mass is 516 g/mol.